The van der Waals surface area contributed by atoms with E-state index in [1.807, 2.05) is 36.6 Å². The van der Waals surface area contributed by atoms with Gasteiger partial charge in [0.05, 0.1) is 18.9 Å². The lowest BCUT2D eigenvalue weighted by molar-refractivity contribution is -0.136. The molecule has 3 rings (SSSR count). The van der Waals surface area contributed by atoms with E-state index in [2.05, 4.69) is 4.98 Å². The van der Waals surface area contributed by atoms with Crippen LogP contribution in [0, 0.1) is 0 Å². The summed E-state index contributed by atoms with van der Waals surface area (Å²) in [4.78, 5) is 31.2. The third kappa shape index (κ3) is 3.68. The molecule has 6 nitrogen and oxygen atoms in total. The Bertz CT molecular complexity index is 770. The first-order valence-corrected chi connectivity index (χ1v) is 8.98. The minimum Gasteiger partial charge on any atom is -0.378 e. The first-order valence-electron chi connectivity index (χ1n) is 7.76. The van der Waals surface area contributed by atoms with E-state index >= 15 is 0 Å². The Morgan fingerprint density at radius 1 is 1.25 bits per heavy atom. The van der Waals surface area contributed by atoms with Gasteiger partial charge in [-0.05, 0) is 6.26 Å². The lowest BCUT2D eigenvalue weighted by atomic mass is 10.1. The van der Waals surface area contributed by atoms with Crippen molar-refractivity contribution in [1.29, 1.82) is 0 Å². The minimum absolute atomic E-state index is 0.0110. The number of ether oxygens (including phenoxy) is 1. The van der Waals surface area contributed by atoms with E-state index in [0.29, 0.717) is 37.2 Å². The number of morpholine rings is 1. The van der Waals surface area contributed by atoms with Crippen LogP contribution in [0.5, 0.6) is 0 Å². The summed E-state index contributed by atoms with van der Waals surface area (Å²) in [6.45, 7) is 2.23. The van der Waals surface area contributed by atoms with Crippen molar-refractivity contribution in [3.8, 4) is 11.3 Å². The van der Waals surface area contributed by atoms with Gasteiger partial charge in [0.25, 0.3) is 5.56 Å². The van der Waals surface area contributed by atoms with E-state index in [4.69, 9.17) is 4.74 Å². The quantitative estimate of drug-likeness (QED) is 0.620. The summed E-state index contributed by atoms with van der Waals surface area (Å²) < 4.78 is 6.69. The average molecular weight is 345 g/mol. The molecule has 1 amide bonds. The van der Waals surface area contributed by atoms with E-state index < -0.39 is 0 Å². The number of hydrogen-bond acceptors (Lipinski definition) is 5. The van der Waals surface area contributed by atoms with Gasteiger partial charge in [-0.2, -0.15) is 0 Å². The Hall–Kier alpha value is -2.12. The zero-order chi connectivity index (χ0) is 16.9. The van der Waals surface area contributed by atoms with E-state index in [1.165, 1.54) is 22.4 Å². The maximum atomic E-state index is 12.5. The summed E-state index contributed by atoms with van der Waals surface area (Å²) in [5.41, 5.74) is 1.30. The Morgan fingerprint density at radius 2 is 1.96 bits per heavy atom. The highest BCUT2D eigenvalue weighted by atomic mass is 32.2. The third-order valence-electron chi connectivity index (χ3n) is 3.88. The van der Waals surface area contributed by atoms with Crippen molar-refractivity contribution in [2.24, 2.45) is 0 Å². The van der Waals surface area contributed by atoms with Crippen LogP contribution in [-0.4, -0.2) is 52.9 Å². The van der Waals surface area contributed by atoms with Gasteiger partial charge in [0.1, 0.15) is 6.54 Å². The van der Waals surface area contributed by atoms with Crippen molar-refractivity contribution in [2.75, 3.05) is 32.6 Å². The number of aromatic nitrogens is 2. The van der Waals surface area contributed by atoms with Crippen molar-refractivity contribution in [3.63, 3.8) is 0 Å². The zero-order valence-corrected chi connectivity index (χ0v) is 14.3. The highest BCUT2D eigenvalue weighted by Gasteiger charge is 2.19. The van der Waals surface area contributed by atoms with Crippen LogP contribution in [0.4, 0.5) is 0 Å². The second-order valence-electron chi connectivity index (χ2n) is 5.41. The molecule has 7 heteroatoms. The summed E-state index contributed by atoms with van der Waals surface area (Å²) in [5.74, 6) is -0.0787. The molecule has 0 N–H and O–H groups in total. The van der Waals surface area contributed by atoms with E-state index in [1.54, 1.807) is 4.90 Å². The lowest BCUT2D eigenvalue weighted by Crippen LogP contribution is -2.43. The Kier molecular flexibility index (Phi) is 5.32. The number of benzene rings is 1. The van der Waals surface area contributed by atoms with Crippen LogP contribution in [-0.2, 0) is 16.1 Å². The number of carbonyl (C=O) groups excluding carboxylic acids is 1. The predicted octanol–water partition coefficient (Wildman–Crippen LogP) is 1.49. The smallest absolute Gasteiger partial charge is 0.255 e. The van der Waals surface area contributed by atoms with E-state index in [9.17, 15) is 9.59 Å². The van der Waals surface area contributed by atoms with Gasteiger partial charge in [0.2, 0.25) is 5.91 Å². The largest absolute Gasteiger partial charge is 0.378 e. The number of nitrogens with zero attached hydrogens (tertiary/aromatic N) is 3. The van der Waals surface area contributed by atoms with Gasteiger partial charge in [0, 0.05) is 24.7 Å². The van der Waals surface area contributed by atoms with Gasteiger partial charge in [-0.1, -0.05) is 42.1 Å². The highest BCUT2D eigenvalue weighted by molar-refractivity contribution is 7.98. The normalized spacial score (nSPS) is 14.6. The topological polar surface area (TPSA) is 64.4 Å². The van der Waals surface area contributed by atoms with Gasteiger partial charge in [-0.25, -0.2) is 4.98 Å². The van der Waals surface area contributed by atoms with Gasteiger partial charge >= 0.3 is 0 Å². The summed E-state index contributed by atoms with van der Waals surface area (Å²) in [7, 11) is 0. The number of carbonyl (C=O) groups is 1. The van der Waals surface area contributed by atoms with Crippen LogP contribution in [0.15, 0.2) is 46.3 Å². The molecule has 1 aliphatic rings. The summed E-state index contributed by atoms with van der Waals surface area (Å²) in [6, 6.07) is 11.0. The standard InChI is InChI=1S/C17H19N3O3S/c1-24-17-18-14(13-5-3-2-4-6-13)11-15(21)20(17)12-16(22)19-7-9-23-10-8-19/h2-6,11H,7-10,12H2,1H3. The van der Waals surface area contributed by atoms with Crippen molar-refractivity contribution in [3.05, 3.63) is 46.8 Å². The fourth-order valence-corrected chi connectivity index (χ4v) is 3.16. The zero-order valence-electron chi connectivity index (χ0n) is 13.5. The molecule has 2 heterocycles. The fourth-order valence-electron chi connectivity index (χ4n) is 2.59. The molecule has 0 spiro atoms. The Morgan fingerprint density at radius 3 is 2.62 bits per heavy atom. The molecule has 0 unspecified atom stereocenters. The van der Waals surface area contributed by atoms with Crippen molar-refractivity contribution in [2.45, 2.75) is 11.7 Å². The maximum Gasteiger partial charge on any atom is 0.255 e. The second-order valence-corrected chi connectivity index (χ2v) is 6.19. The number of hydrogen-bond donors (Lipinski definition) is 0. The summed E-state index contributed by atoms with van der Waals surface area (Å²) >= 11 is 1.36. The molecule has 1 aliphatic heterocycles. The Balaban J connectivity index is 1.88. The lowest BCUT2D eigenvalue weighted by Gasteiger charge is -2.27. The molecule has 0 bridgehead atoms. The minimum atomic E-state index is -0.213. The molecule has 24 heavy (non-hydrogen) atoms. The molecule has 0 saturated carbocycles. The molecule has 126 valence electrons. The third-order valence-corrected chi connectivity index (χ3v) is 4.56. The van der Waals surface area contributed by atoms with Crippen LogP contribution < -0.4 is 5.56 Å². The Labute approximate surface area is 144 Å². The van der Waals surface area contributed by atoms with E-state index in [0.717, 1.165) is 5.56 Å². The predicted molar refractivity (Wildman–Crippen MR) is 93.1 cm³/mol. The molecule has 0 radical (unpaired) electrons. The number of amides is 1. The van der Waals surface area contributed by atoms with Crippen molar-refractivity contribution >= 4 is 17.7 Å². The summed E-state index contributed by atoms with van der Waals surface area (Å²) in [6.07, 6.45) is 1.85. The fraction of sp³-hybridized carbons (Fsp3) is 0.353. The van der Waals surface area contributed by atoms with Crippen LogP contribution in [0.2, 0.25) is 0 Å². The average Bonchev–Trinajstić information content (AvgIpc) is 2.64. The number of thioether (sulfide) groups is 1. The molecule has 0 atom stereocenters. The monoisotopic (exact) mass is 345 g/mol. The molecule has 0 aliphatic carbocycles. The first kappa shape index (κ1) is 16.7. The van der Waals surface area contributed by atoms with Gasteiger partial charge < -0.3 is 9.64 Å². The van der Waals surface area contributed by atoms with Crippen LogP contribution in [0.1, 0.15) is 0 Å². The second kappa shape index (κ2) is 7.63. The van der Waals surface area contributed by atoms with E-state index in [-0.39, 0.29) is 18.0 Å². The van der Waals surface area contributed by atoms with Gasteiger partial charge in [0.15, 0.2) is 5.16 Å². The van der Waals surface area contributed by atoms with Crippen molar-refractivity contribution < 1.29 is 9.53 Å². The van der Waals surface area contributed by atoms with Crippen LogP contribution >= 0.6 is 11.8 Å². The molecule has 1 aromatic carbocycles. The maximum absolute atomic E-state index is 12.5. The van der Waals surface area contributed by atoms with Gasteiger partial charge in [-0.15, -0.1) is 0 Å². The van der Waals surface area contributed by atoms with Crippen molar-refractivity contribution in [1.82, 2.24) is 14.5 Å². The molecule has 1 fully saturated rings. The summed E-state index contributed by atoms with van der Waals surface area (Å²) in [5, 5.41) is 0.544. The molecule has 1 aromatic heterocycles. The van der Waals surface area contributed by atoms with Gasteiger partial charge in [-0.3, -0.25) is 14.2 Å². The first-order chi connectivity index (χ1) is 11.7. The SMILES string of the molecule is CSc1nc(-c2ccccc2)cc(=O)n1CC(=O)N1CCOCC1. The molecular formula is C17H19N3O3S. The van der Waals surface area contributed by atoms with Crippen LogP contribution in [0.3, 0.4) is 0 Å². The molecule has 2 aromatic rings. The number of rotatable bonds is 4. The highest BCUT2D eigenvalue weighted by Crippen LogP contribution is 2.18. The molecule has 1 saturated heterocycles. The molecular weight excluding hydrogens is 326 g/mol. The van der Waals surface area contributed by atoms with Crippen LogP contribution in [0.25, 0.3) is 11.3 Å².